The fraction of sp³-hybridized carbons (Fsp3) is 0.458. The topological polar surface area (TPSA) is 47.0 Å². The van der Waals surface area contributed by atoms with Crippen LogP contribution in [-0.4, -0.2) is 38.0 Å². The molecule has 2 aromatic carbocycles. The highest BCUT2D eigenvalue weighted by atomic mass is 32.1. The Morgan fingerprint density at radius 3 is 2.37 bits per heavy atom. The molecule has 1 aliphatic heterocycles. The fourth-order valence-electron chi connectivity index (χ4n) is 4.39. The third-order valence-corrected chi connectivity index (χ3v) is 5.92. The largest absolute Gasteiger partial charge is 0.493 e. The van der Waals surface area contributed by atoms with Crippen LogP contribution in [0.5, 0.6) is 11.5 Å². The highest BCUT2D eigenvalue weighted by Gasteiger charge is 2.36. The van der Waals surface area contributed by atoms with Crippen molar-refractivity contribution in [3.05, 3.63) is 59.2 Å². The molecule has 0 radical (unpaired) electrons. The molecule has 3 atom stereocenters. The van der Waals surface area contributed by atoms with Crippen molar-refractivity contribution in [1.29, 1.82) is 0 Å². The molecule has 30 heavy (non-hydrogen) atoms. The molecule has 3 rings (SSSR count). The number of benzene rings is 2. The minimum Gasteiger partial charge on any atom is -0.493 e. The third kappa shape index (κ3) is 5.24. The van der Waals surface area contributed by atoms with E-state index in [9.17, 15) is 0 Å². The predicted octanol–water partition coefficient (Wildman–Crippen LogP) is 2.65. The van der Waals surface area contributed by atoms with Crippen LogP contribution in [0.4, 0.5) is 0 Å². The molecule has 0 fully saturated rings. The zero-order chi connectivity index (χ0) is 21.7. The summed E-state index contributed by atoms with van der Waals surface area (Å²) in [5.41, 5.74) is 3.97. The molecule has 0 saturated carbocycles. The Morgan fingerprint density at radius 2 is 1.73 bits per heavy atom. The summed E-state index contributed by atoms with van der Waals surface area (Å²) in [5.74, 6) is 1.57. The number of methoxy groups -OCH3 is 2. The first-order chi connectivity index (χ1) is 14.4. The molecule has 1 aliphatic rings. The zero-order valence-electron chi connectivity index (χ0n) is 18.6. The van der Waals surface area contributed by atoms with Crippen LogP contribution in [0.15, 0.2) is 42.5 Å². The highest BCUT2D eigenvalue weighted by Crippen LogP contribution is 2.35. The van der Waals surface area contributed by atoms with Crippen LogP contribution in [0.25, 0.3) is 0 Å². The van der Waals surface area contributed by atoms with Crippen LogP contribution in [0.2, 0.25) is 0 Å². The highest BCUT2D eigenvalue weighted by molar-refractivity contribution is 7.80. The fourth-order valence-corrected chi connectivity index (χ4v) is 4.81. The first kappa shape index (κ1) is 22.4. The minimum absolute atomic E-state index is 0.152. The predicted molar refractivity (Wildman–Crippen MR) is 125 cm³/mol. The molecular formula is C24H34N3O2S+. The Kier molecular flexibility index (Phi) is 7.56. The van der Waals surface area contributed by atoms with Crippen LogP contribution < -0.4 is 25.0 Å². The number of thiocarbonyl (C=S) groups is 1. The van der Waals surface area contributed by atoms with Crippen LogP contribution in [-0.2, 0) is 13.0 Å². The van der Waals surface area contributed by atoms with E-state index in [0.717, 1.165) is 31.0 Å². The molecule has 5 nitrogen and oxygen atoms in total. The van der Waals surface area contributed by atoms with E-state index in [1.807, 2.05) is 0 Å². The third-order valence-electron chi connectivity index (χ3n) is 5.69. The molecule has 0 amide bonds. The second-order valence-corrected chi connectivity index (χ2v) is 8.67. The molecule has 6 heteroatoms. The first-order valence-corrected chi connectivity index (χ1v) is 11.0. The molecule has 0 aromatic heterocycles. The SMILES string of the molecule is COc1cc2c(cc1OC)[C@H]([C@@H](C)NC(=S)NC(C)C)[NH+](Cc1ccccc1)CC2. The van der Waals surface area contributed by atoms with Crippen molar-refractivity contribution in [3.63, 3.8) is 0 Å². The second kappa shape index (κ2) is 10.1. The minimum atomic E-state index is 0.152. The number of quaternary nitrogens is 1. The van der Waals surface area contributed by atoms with Crippen molar-refractivity contribution in [2.75, 3.05) is 20.8 Å². The molecule has 0 saturated heterocycles. The van der Waals surface area contributed by atoms with Gasteiger partial charge in [-0.3, -0.25) is 0 Å². The Morgan fingerprint density at radius 1 is 1.07 bits per heavy atom. The standard InChI is InChI=1S/C24H33N3O2S/c1-16(2)25-24(30)26-17(3)23-20-14-22(29-5)21(28-4)13-19(20)11-12-27(23)15-18-9-7-6-8-10-18/h6-10,13-14,16-17,23H,11-12,15H2,1-5H3,(H2,25,26,30)/p+1/t17-,23+/m1/s1. The molecule has 1 heterocycles. The summed E-state index contributed by atoms with van der Waals surface area (Å²) in [4.78, 5) is 1.52. The summed E-state index contributed by atoms with van der Waals surface area (Å²) in [6.45, 7) is 8.43. The van der Waals surface area contributed by atoms with E-state index in [4.69, 9.17) is 21.7 Å². The van der Waals surface area contributed by atoms with Gasteiger partial charge >= 0.3 is 0 Å². The summed E-state index contributed by atoms with van der Waals surface area (Å²) in [5, 5.41) is 7.54. The maximum absolute atomic E-state index is 5.62. The number of hydrogen-bond donors (Lipinski definition) is 3. The number of fused-ring (bicyclic) bond motifs is 1. The van der Waals surface area contributed by atoms with Gasteiger partial charge in [0, 0.05) is 23.6 Å². The van der Waals surface area contributed by atoms with Gasteiger partial charge in [-0.2, -0.15) is 0 Å². The van der Waals surface area contributed by atoms with E-state index in [2.05, 4.69) is 73.9 Å². The lowest BCUT2D eigenvalue weighted by Crippen LogP contribution is -3.13. The normalized spacial score (nSPS) is 19.0. The molecule has 2 aromatic rings. The summed E-state index contributed by atoms with van der Waals surface area (Å²) in [7, 11) is 3.39. The van der Waals surface area contributed by atoms with E-state index in [1.54, 1.807) is 14.2 Å². The number of nitrogens with one attached hydrogen (secondary N) is 3. The molecular weight excluding hydrogens is 394 g/mol. The van der Waals surface area contributed by atoms with Gasteiger partial charge in [-0.15, -0.1) is 0 Å². The Labute approximate surface area is 185 Å². The molecule has 0 aliphatic carbocycles. The quantitative estimate of drug-likeness (QED) is 0.592. The molecule has 1 unspecified atom stereocenters. The average Bonchev–Trinajstić information content (AvgIpc) is 2.72. The molecule has 0 spiro atoms. The summed E-state index contributed by atoms with van der Waals surface area (Å²) in [6, 6.07) is 15.7. The van der Waals surface area contributed by atoms with E-state index in [1.165, 1.54) is 21.6 Å². The summed E-state index contributed by atoms with van der Waals surface area (Å²) >= 11 is 5.55. The monoisotopic (exact) mass is 428 g/mol. The van der Waals surface area contributed by atoms with Gasteiger partial charge in [-0.1, -0.05) is 30.3 Å². The number of rotatable bonds is 7. The molecule has 3 N–H and O–H groups in total. The maximum Gasteiger partial charge on any atom is 0.166 e. The second-order valence-electron chi connectivity index (χ2n) is 8.27. The van der Waals surface area contributed by atoms with Crippen LogP contribution in [0.3, 0.4) is 0 Å². The van der Waals surface area contributed by atoms with Crippen molar-refractivity contribution < 1.29 is 14.4 Å². The Hall–Kier alpha value is -2.31. The van der Waals surface area contributed by atoms with Gasteiger partial charge in [0.25, 0.3) is 0 Å². The van der Waals surface area contributed by atoms with Crippen LogP contribution in [0.1, 0.15) is 43.5 Å². The van der Waals surface area contributed by atoms with Gasteiger partial charge in [0.1, 0.15) is 12.6 Å². The lowest BCUT2D eigenvalue weighted by atomic mass is 9.87. The maximum atomic E-state index is 5.62. The van der Waals surface area contributed by atoms with Crippen LogP contribution >= 0.6 is 12.2 Å². The number of ether oxygens (including phenoxy) is 2. The smallest absolute Gasteiger partial charge is 0.166 e. The van der Waals surface area contributed by atoms with Gasteiger partial charge < -0.3 is 25.0 Å². The Balaban J connectivity index is 1.95. The van der Waals surface area contributed by atoms with Gasteiger partial charge in [0.2, 0.25) is 0 Å². The lowest BCUT2D eigenvalue weighted by molar-refractivity contribution is -0.948. The summed E-state index contributed by atoms with van der Waals surface area (Å²) in [6.07, 6.45) is 1.01. The van der Waals surface area contributed by atoms with Crippen molar-refractivity contribution in [1.82, 2.24) is 10.6 Å². The molecule has 0 bridgehead atoms. The van der Waals surface area contributed by atoms with Gasteiger partial charge in [-0.25, -0.2) is 0 Å². The van der Waals surface area contributed by atoms with E-state index in [0.29, 0.717) is 11.2 Å². The van der Waals surface area contributed by atoms with E-state index >= 15 is 0 Å². The van der Waals surface area contributed by atoms with Crippen molar-refractivity contribution in [3.8, 4) is 11.5 Å². The van der Waals surface area contributed by atoms with E-state index < -0.39 is 0 Å². The van der Waals surface area contributed by atoms with Crippen molar-refractivity contribution >= 4 is 17.3 Å². The average molecular weight is 429 g/mol. The number of hydrogen-bond acceptors (Lipinski definition) is 3. The van der Waals surface area contributed by atoms with Gasteiger partial charge in [-0.05, 0) is 50.7 Å². The van der Waals surface area contributed by atoms with Crippen LogP contribution in [0, 0.1) is 0 Å². The Bertz CT molecular complexity index is 857. The van der Waals surface area contributed by atoms with Crippen molar-refractivity contribution in [2.45, 2.75) is 51.9 Å². The van der Waals surface area contributed by atoms with Gasteiger partial charge in [0.15, 0.2) is 16.6 Å². The van der Waals surface area contributed by atoms with Gasteiger partial charge in [0.05, 0.1) is 26.8 Å². The summed E-state index contributed by atoms with van der Waals surface area (Å²) < 4.78 is 11.2. The van der Waals surface area contributed by atoms with E-state index in [-0.39, 0.29) is 12.1 Å². The first-order valence-electron chi connectivity index (χ1n) is 10.6. The lowest BCUT2D eigenvalue weighted by Gasteiger charge is -2.38. The zero-order valence-corrected chi connectivity index (χ0v) is 19.4. The van der Waals surface area contributed by atoms with Crippen molar-refractivity contribution in [2.24, 2.45) is 0 Å². The molecule has 162 valence electrons.